The predicted molar refractivity (Wildman–Crippen MR) is 91.3 cm³/mol. The van der Waals surface area contributed by atoms with Gasteiger partial charge in [-0.25, -0.2) is 14.4 Å². The maximum Gasteiger partial charge on any atom is 0.278 e. The second-order valence-corrected chi connectivity index (χ2v) is 6.32. The van der Waals surface area contributed by atoms with E-state index in [4.69, 9.17) is 0 Å². The molecule has 24 heavy (non-hydrogen) atoms. The molecule has 0 radical (unpaired) electrons. The molecule has 0 atom stereocenters. The van der Waals surface area contributed by atoms with Crippen LogP contribution in [0, 0.1) is 11.7 Å². The molecule has 0 N–H and O–H groups in total. The summed E-state index contributed by atoms with van der Waals surface area (Å²) in [5.74, 6) is 0.249. The van der Waals surface area contributed by atoms with Gasteiger partial charge in [0.1, 0.15) is 17.0 Å². The molecule has 0 amide bonds. The van der Waals surface area contributed by atoms with Gasteiger partial charge in [-0.15, -0.1) is 0 Å². The van der Waals surface area contributed by atoms with Crippen LogP contribution >= 0.6 is 0 Å². The van der Waals surface area contributed by atoms with Crippen LogP contribution in [0.25, 0.3) is 22.4 Å². The number of aromatic nitrogens is 3. The zero-order valence-corrected chi connectivity index (χ0v) is 13.5. The Morgan fingerprint density at radius 1 is 1.29 bits per heavy atom. The Morgan fingerprint density at radius 3 is 2.88 bits per heavy atom. The van der Waals surface area contributed by atoms with Crippen LogP contribution in [-0.4, -0.2) is 14.5 Å². The first kappa shape index (κ1) is 15.0. The number of pyridine rings is 1. The van der Waals surface area contributed by atoms with E-state index in [0.29, 0.717) is 41.3 Å². The first-order chi connectivity index (χ1) is 11.7. The number of hydrogen-bond donors (Lipinski definition) is 0. The molecule has 0 spiro atoms. The molecule has 0 unspecified atom stereocenters. The summed E-state index contributed by atoms with van der Waals surface area (Å²) in [5, 5.41) is 0. The highest BCUT2D eigenvalue weighted by Gasteiger charge is 2.25. The van der Waals surface area contributed by atoms with Crippen molar-refractivity contribution in [3.05, 3.63) is 58.3 Å². The maximum absolute atomic E-state index is 13.5. The third kappa shape index (κ3) is 2.60. The van der Waals surface area contributed by atoms with Gasteiger partial charge in [0.15, 0.2) is 5.65 Å². The number of rotatable bonds is 4. The zero-order chi connectivity index (χ0) is 16.7. The molecule has 4 nitrogen and oxygen atoms in total. The molecule has 1 saturated carbocycles. The van der Waals surface area contributed by atoms with Crippen LogP contribution in [0.4, 0.5) is 4.39 Å². The minimum absolute atomic E-state index is 0.144. The van der Waals surface area contributed by atoms with Crippen molar-refractivity contribution < 1.29 is 4.39 Å². The molecule has 3 aromatic rings. The molecule has 1 aromatic carbocycles. The monoisotopic (exact) mass is 323 g/mol. The van der Waals surface area contributed by atoms with Gasteiger partial charge in [0.2, 0.25) is 0 Å². The smallest absolute Gasteiger partial charge is 0.278 e. The van der Waals surface area contributed by atoms with Crippen LogP contribution < -0.4 is 5.56 Å². The van der Waals surface area contributed by atoms with Gasteiger partial charge >= 0.3 is 0 Å². The van der Waals surface area contributed by atoms with Crippen molar-refractivity contribution in [1.29, 1.82) is 0 Å². The Balaban J connectivity index is 1.99. The van der Waals surface area contributed by atoms with E-state index in [1.807, 2.05) is 19.1 Å². The molecule has 2 heterocycles. The quantitative estimate of drug-likeness (QED) is 0.737. The summed E-state index contributed by atoms with van der Waals surface area (Å²) >= 11 is 0. The van der Waals surface area contributed by atoms with Crippen molar-refractivity contribution in [3.8, 4) is 11.3 Å². The average molecular weight is 323 g/mol. The normalized spacial score (nSPS) is 14.2. The fourth-order valence-electron chi connectivity index (χ4n) is 3.07. The minimum Gasteiger partial charge on any atom is -0.289 e. The standard InChI is InChI=1S/C19H18FN3O/c1-2-13-10-14(20)7-8-15(13)17-19(24)23(11-12-5-6-12)18-16(22-17)4-3-9-21-18/h3-4,7-10,12H,2,5-6,11H2,1H3. The highest BCUT2D eigenvalue weighted by atomic mass is 19.1. The van der Waals surface area contributed by atoms with Crippen LogP contribution in [0.1, 0.15) is 25.3 Å². The molecular weight excluding hydrogens is 305 g/mol. The molecule has 0 aliphatic heterocycles. The van der Waals surface area contributed by atoms with Crippen LogP contribution in [0.5, 0.6) is 0 Å². The molecule has 0 bridgehead atoms. The van der Waals surface area contributed by atoms with E-state index < -0.39 is 0 Å². The summed E-state index contributed by atoms with van der Waals surface area (Å²) in [6.45, 7) is 2.62. The second-order valence-electron chi connectivity index (χ2n) is 6.32. The van der Waals surface area contributed by atoms with Crippen LogP contribution in [0.2, 0.25) is 0 Å². The summed E-state index contributed by atoms with van der Waals surface area (Å²) in [6.07, 6.45) is 4.62. The number of aryl methyl sites for hydroxylation is 1. The Bertz CT molecular complexity index is 976. The number of fused-ring (bicyclic) bond motifs is 1. The van der Waals surface area contributed by atoms with E-state index in [2.05, 4.69) is 9.97 Å². The van der Waals surface area contributed by atoms with E-state index in [0.717, 1.165) is 18.4 Å². The van der Waals surface area contributed by atoms with Gasteiger partial charge in [-0.1, -0.05) is 6.92 Å². The van der Waals surface area contributed by atoms with Crippen molar-refractivity contribution in [2.24, 2.45) is 5.92 Å². The van der Waals surface area contributed by atoms with Crippen molar-refractivity contribution in [2.45, 2.75) is 32.7 Å². The highest BCUT2D eigenvalue weighted by Crippen LogP contribution is 2.31. The van der Waals surface area contributed by atoms with E-state index >= 15 is 0 Å². The lowest BCUT2D eigenvalue weighted by Crippen LogP contribution is -2.25. The molecule has 2 aromatic heterocycles. The molecule has 1 fully saturated rings. The van der Waals surface area contributed by atoms with Crippen molar-refractivity contribution >= 4 is 11.2 Å². The number of benzene rings is 1. The summed E-state index contributed by atoms with van der Waals surface area (Å²) in [5.41, 5.74) is 3.06. The first-order valence-electron chi connectivity index (χ1n) is 8.31. The van der Waals surface area contributed by atoms with Crippen molar-refractivity contribution in [1.82, 2.24) is 14.5 Å². The molecule has 5 heteroatoms. The lowest BCUT2D eigenvalue weighted by Gasteiger charge is -2.13. The van der Waals surface area contributed by atoms with Gasteiger partial charge in [0, 0.05) is 18.3 Å². The fraction of sp³-hybridized carbons (Fsp3) is 0.316. The summed E-state index contributed by atoms with van der Waals surface area (Å²) in [4.78, 5) is 22.0. The largest absolute Gasteiger partial charge is 0.289 e. The third-order valence-electron chi connectivity index (χ3n) is 4.54. The number of hydrogen-bond acceptors (Lipinski definition) is 3. The lowest BCUT2D eigenvalue weighted by molar-refractivity contribution is 0.619. The van der Waals surface area contributed by atoms with Crippen molar-refractivity contribution in [2.75, 3.05) is 0 Å². The third-order valence-corrected chi connectivity index (χ3v) is 4.54. The van der Waals surface area contributed by atoms with Gasteiger partial charge in [-0.3, -0.25) is 9.36 Å². The highest BCUT2D eigenvalue weighted by molar-refractivity contribution is 5.75. The second kappa shape index (κ2) is 5.82. The maximum atomic E-state index is 13.5. The molecule has 1 aliphatic carbocycles. The van der Waals surface area contributed by atoms with E-state index in [9.17, 15) is 9.18 Å². The van der Waals surface area contributed by atoms with Crippen LogP contribution in [-0.2, 0) is 13.0 Å². The summed E-state index contributed by atoms with van der Waals surface area (Å²) in [6, 6.07) is 8.20. The minimum atomic E-state index is -0.295. The SMILES string of the molecule is CCc1cc(F)ccc1-c1nc2cccnc2n(CC2CC2)c1=O. The first-order valence-corrected chi connectivity index (χ1v) is 8.31. The van der Waals surface area contributed by atoms with Crippen LogP contribution in [0.15, 0.2) is 41.3 Å². The zero-order valence-electron chi connectivity index (χ0n) is 13.5. The van der Waals surface area contributed by atoms with Gasteiger partial charge < -0.3 is 0 Å². The summed E-state index contributed by atoms with van der Waals surface area (Å²) < 4.78 is 15.3. The fourth-order valence-corrected chi connectivity index (χ4v) is 3.07. The average Bonchev–Trinajstić information content (AvgIpc) is 3.41. The number of halogens is 1. The summed E-state index contributed by atoms with van der Waals surface area (Å²) in [7, 11) is 0. The van der Waals surface area contributed by atoms with Gasteiger partial charge in [-0.05, 0) is 61.1 Å². The predicted octanol–water partition coefficient (Wildman–Crippen LogP) is 3.57. The van der Waals surface area contributed by atoms with E-state index in [1.54, 1.807) is 16.8 Å². The van der Waals surface area contributed by atoms with E-state index in [-0.39, 0.29) is 11.4 Å². The lowest BCUT2D eigenvalue weighted by atomic mass is 10.0. The molecule has 4 rings (SSSR count). The molecular formula is C19H18FN3O. The van der Waals surface area contributed by atoms with Gasteiger partial charge in [0.25, 0.3) is 5.56 Å². The molecule has 122 valence electrons. The van der Waals surface area contributed by atoms with Crippen LogP contribution in [0.3, 0.4) is 0 Å². The Labute approximate surface area is 139 Å². The molecule has 1 aliphatic rings. The van der Waals surface area contributed by atoms with Gasteiger partial charge in [-0.2, -0.15) is 0 Å². The van der Waals surface area contributed by atoms with E-state index in [1.165, 1.54) is 12.1 Å². The topological polar surface area (TPSA) is 47.8 Å². The van der Waals surface area contributed by atoms with Crippen molar-refractivity contribution in [3.63, 3.8) is 0 Å². The van der Waals surface area contributed by atoms with Gasteiger partial charge in [0.05, 0.1) is 0 Å². The Hall–Kier alpha value is -2.56. The Kier molecular flexibility index (Phi) is 3.63. The Morgan fingerprint density at radius 2 is 2.12 bits per heavy atom. The molecule has 0 saturated heterocycles. The number of nitrogens with zero attached hydrogens (tertiary/aromatic N) is 3.